The Labute approximate surface area is 157 Å². The minimum Gasteiger partial charge on any atom is -0.452 e. The molecule has 142 valence electrons. The fourth-order valence-corrected chi connectivity index (χ4v) is 2.63. The first kappa shape index (κ1) is 20.1. The summed E-state index contributed by atoms with van der Waals surface area (Å²) in [5, 5.41) is 13.7. The summed E-state index contributed by atoms with van der Waals surface area (Å²) in [6.07, 6.45) is 0.745. The van der Waals surface area contributed by atoms with Crippen molar-refractivity contribution in [2.45, 2.75) is 26.3 Å². The highest BCUT2D eigenvalue weighted by Gasteiger charge is 2.18. The second kappa shape index (κ2) is 9.47. The lowest BCUT2D eigenvalue weighted by atomic mass is 9.97. The highest BCUT2D eigenvalue weighted by molar-refractivity contribution is 5.92. The Kier molecular flexibility index (Phi) is 7.05. The van der Waals surface area contributed by atoms with Crippen LogP contribution in [-0.2, 0) is 9.53 Å². The van der Waals surface area contributed by atoms with Crippen LogP contribution in [0.15, 0.2) is 54.6 Å². The van der Waals surface area contributed by atoms with E-state index in [4.69, 9.17) is 4.74 Å². The highest BCUT2D eigenvalue weighted by atomic mass is 16.6. The van der Waals surface area contributed by atoms with Crippen LogP contribution in [0.1, 0.15) is 42.2 Å². The van der Waals surface area contributed by atoms with Crippen molar-refractivity contribution in [2.24, 2.45) is 5.92 Å². The van der Waals surface area contributed by atoms with Gasteiger partial charge < -0.3 is 10.1 Å². The number of nitrogens with zero attached hydrogens (tertiary/aromatic N) is 1. The van der Waals surface area contributed by atoms with E-state index in [1.54, 1.807) is 0 Å². The maximum atomic E-state index is 12.2. The maximum absolute atomic E-state index is 12.2. The number of nitro benzene ring substituents is 1. The number of hydrogen-bond donors (Lipinski definition) is 1. The zero-order valence-corrected chi connectivity index (χ0v) is 15.3. The molecule has 1 N–H and O–H groups in total. The van der Waals surface area contributed by atoms with Gasteiger partial charge in [0.1, 0.15) is 0 Å². The van der Waals surface area contributed by atoms with E-state index in [9.17, 15) is 19.7 Å². The first-order chi connectivity index (χ1) is 12.9. The van der Waals surface area contributed by atoms with Crippen molar-refractivity contribution in [3.8, 4) is 0 Å². The molecule has 0 saturated heterocycles. The summed E-state index contributed by atoms with van der Waals surface area (Å²) >= 11 is 0. The maximum Gasteiger partial charge on any atom is 0.338 e. The lowest BCUT2D eigenvalue weighted by molar-refractivity contribution is -0.384. The summed E-state index contributed by atoms with van der Waals surface area (Å²) in [5.74, 6) is -0.847. The fraction of sp³-hybridized carbons (Fsp3) is 0.300. The van der Waals surface area contributed by atoms with E-state index in [0.29, 0.717) is 5.92 Å². The lowest BCUT2D eigenvalue weighted by Crippen LogP contribution is -2.33. The molecule has 0 bridgehead atoms. The number of carbonyl (C=O) groups is 2. The minimum absolute atomic E-state index is 0.0267. The van der Waals surface area contributed by atoms with Crippen LogP contribution in [0.2, 0.25) is 0 Å². The molecular weight excluding hydrogens is 348 g/mol. The van der Waals surface area contributed by atoms with Gasteiger partial charge in [-0.2, -0.15) is 0 Å². The Bertz CT molecular complexity index is 805. The number of amides is 1. The predicted octanol–water partition coefficient (Wildman–Crippen LogP) is 3.66. The number of carbonyl (C=O) groups excluding carboxylic acids is 2. The molecule has 1 amide bonds. The normalized spacial score (nSPS) is 11.7. The van der Waals surface area contributed by atoms with Gasteiger partial charge in [0, 0.05) is 12.1 Å². The summed E-state index contributed by atoms with van der Waals surface area (Å²) in [6, 6.07) is 14.6. The van der Waals surface area contributed by atoms with Crippen molar-refractivity contribution in [1.82, 2.24) is 5.32 Å². The standard InChI is InChI=1S/C20H22N2O5/c1-14(2)11-18(15-7-4-3-5-8-15)21-19(23)13-27-20(24)16-9-6-10-17(12-16)22(25)26/h3-10,12,14,18H,11,13H2,1-2H3,(H,21,23)/t18-/m1/s1. The summed E-state index contributed by atoms with van der Waals surface area (Å²) in [6.45, 7) is 3.66. The van der Waals surface area contributed by atoms with Gasteiger partial charge in [0.05, 0.1) is 16.5 Å². The average Bonchev–Trinajstić information content (AvgIpc) is 2.66. The molecule has 0 aliphatic carbocycles. The Morgan fingerprint density at radius 2 is 1.81 bits per heavy atom. The molecule has 1 atom stereocenters. The van der Waals surface area contributed by atoms with Crippen LogP contribution in [0.4, 0.5) is 5.69 Å². The average molecular weight is 370 g/mol. The number of non-ortho nitro benzene ring substituents is 1. The highest BCUT2D eigenvalue weighted by Crippen LogP contribution is 2.21. The molecule has 0 radical (unpaired) electrons. The zero-order valence-electron chi connectivity index (χ0n) is 15.3. The quantitative estimate of drug-likeness (QED) is 0.434. The molecule has 0 unspecified atom stereocenters. The first-order valence-corrected chi connectivity index (χ1v) is 8.62. The van der Waals surface area contributed by atoms with Crippen LogP contribution in [0.5, 0.6) is 0 Å². The molecule has 7 heteroatoms. The van der Waals surface area contributed by atoms with Crippen LogP contribution in [0, 0.1) is 16.0 Å². The van der Waals surface area contributed by atoms with Crippen LogP contribution in [-0.4, -0.2) is 23.4 Å². The molecular formula is C20H22N2O5. The Morgan fingerprint density at radius 3 is 2.44 bits per heavy atom. The van der Waals surface area contributed by atoms with Crippen molar-refractivity contribution in [1.29, 1.82) is 0 Å². The summed E-state index contributed by atoms with van der Waals surface area (Å²) in [4.78, 5) is 34.4. The molecule has 2 aromatic carbocycles. The molecule has 7 nitrogen and oxygen atoms in total. The Balaban J connectivity index is 1.96. The first-order valence-electron chi connectivity index (χ1n) is 8.62. The van der Waals surface area contributed by atoms with Crippen molar-refractivity contribution in [2.75, 3.05) is 6.61 Å². The van der Waals surface area contributed by atoms with Crippen LogP contribution >= 0.6 is 0 Å². The Morgan fingerprint density at radius 1 is 1.11 bits per heavy atom. The van der Waals surface area contributed by atoms with E-state index in [1.807, 2.05) is 30.3 Å². The van der Waals surface area contributed by atoms with E-state index < -0.39 is 23.4 Å². The summed E-state index contributed by atoms with van der Waals surface area (Å²) < 4.78 is 4.99. The molecule has 0 aliphatic rings. The molecule has 0 heterocycles. The predicted molar refractivity (Wildman–Crippen MR) is 100 cm³/mol. The summed E-state index contributed by atoms with van der Waals surface area (Å²) in [5.41, 5.74) is 0.790. The molecule has 0 saturated carbocycles. The number of esters is 1. The lowest BCUT2D eigenvalue weighted by Gasteiger charge is -2.21. The van der Waals surface area contributed by atoms with Crippen LogP contribution in [0.25, 0.3) is 0 Å². The van der Waals surface area contributed by atoms with E-state index >= 15 is 0 Å². The number of nitro groups is 1. The van der Waals surface area contributed by atoms with Gasteiger partial charge in [-0.1, -0.05) is 50.2 Å². The SMILES string of the molecule is CC(C)C[C@@H](NC(=O)COC(=O)c1cccc([N+](=O)[O-])c1)c1ccccc1. The third kappa shape index (κ3) is 6.22. The van der Waals surface area contributed by atoms with Crippen LogP contribution < -0.4 is 5.32 Å². The number of benzene rings is 2. The van der Waals surface area contributed by atoms with Gasteiger partial charge in [-0.05, 0) is 24.0 Å². The van der Waals surface area contributed by atoms with Gasteiger partial charge in [0.2, 0.25) is 0 Å². The van der Waals surface area contributed by atoms with Crippen molar-refractivity contribution in [3.63, 3.8) is 0 Å². The van der Waals surface area contributed by atoms with Gasteiger partial charge in [-0.3, -0.25) is 14.9 Å². The third-order valence-electron chi connectivity index (χ3n) is 3.87. The zero-order chi connectivity index (χ0) is 19.8. The molecule has 2 rings (SSSR count). The monoisotopic (exact) mass is 370 g/mol. The number of nitrogens with one attached hydrogen (secondary N) is 1. The van der Waals surface area contributed by atoms with Crippen molar-refractivity contribution < 1.29 is 19.2 Å². The van der Waals surface area contributed by atoms with Crippen molar-refractivity contribution >= 4 is 17.6 Å². The minimum atomic E-state index is -0.783. The van der Waals surface area contributed by atoms with Gasteiger partial charge in [-0.25, -0.2) is 4.79 Å². The molecule has 27 heavy (non-hydrogen) atoms. The number of rotatable bonds is 8. The fourth-order valence-electron chi connectivity index (χ4n) is 2.63. The van der Waals surface area contributed by atoms with Gasteiger partial charge in [-0.15, -0.1) is 0 Å². The molecule has 0 aromatic heterocycles. The molecule has 0 aliphatic heterocycles. The van der Waals surface area contributed by atoms with E-state index in [1.165, 1.54) is 18.2 Å². The van der Waals surface area contributed by atoms with Gasteiger partial charge in [0.25, 0.3) is 11.6 Å². The van der Waals surface area contributed by atoms with Crippen molar-refractivity contribution in [3.05, 3.63) is 75.8 Å². The Hall–Kier alpha value is -3.22. The molecule has 2 aromatic rings. The smallest absolute Gasteiger partial charge is 0.338 e. The van der Waals surface area contributed by atoms with Gasteiger partial charge in [0.15, 0.2) is 6.61 Å². The molecule has 0 fully saturated rings. The third-order valence-corrected chi connectivity index (χ3v) is 3.87. The van der Waals surface area contributed by atoms with E-state index in [-0.39, 0.29) is 17.3 Å². The van der Waals surface area contributed by atoms with Crippen LogP contribution in [0.3, 0.4) is 0 Å². The molecule has 0 spiro atoms. The topological polar surface area (TPSA) is 98.5 Å². The summed E-state index contributed by atoms with van der Waals surface area (Å²) in [7, 11) is 0. The second-order valence-electron chi connectivity index (χ2n) is 6.54. The van der Waals surface area contributed by atoms with E-state index in [0.717, 1.165) is 18.1 Å². The van der Waals surface area contributed by atoms with Gasteiger partial charge >= 0.3 is 5.97 Å². The van der Waals surface area contributed by atoms with E-state index in [2.05, 4.69) is 19.2 Å². The number of hydrogen-bond acceptors (Lipinski definition) is 5. The second-order valence-corrected chi connectivity index (χ2v) is 6.54. The largest absolute Gasteiger partial charge is 0.452 e. The number of ether oxygens (including phenoxy) is 1.